The average molecular weight is 363 g/mol. The van der Waals surface area contributed by atoms with Crippen LogP contribution in [0.25, 0.3) is 0 Å². The molecule has 2 aliphatic rings. The Morgan fingerprint density at radius 2 is 1.29 bits per heavy atom. The van der Waals surface area contributed by atoms with E-state index in [2.05, 4.69) is 0 Å². The lowest BCUT2D eigenvalue weighted by Crippen LogP contribution is -2.38. The summed E-state index contributed by atoms with van der Waals surface area (Å²) in [7, 11) is -3.33. The molecular weight excluding hydrogens is 343 g/mol. The first-order valence-corrected chi connectivity index (χ1v) is 10.4. The Kier molecular flexibility index (Phi) is 4.53. The molecule has 1 heterocycles. The maximum atomic E-state index is 13.8. The first kappa shape index (κ1) is 16.4. The van der Waals surface area contributed by atoms with Gasteiger partial charge in [0.25, 0.3) is 0 Å². The predicted molar refractivity (Wildman–Crippen MR) is 95.6 cm³/mol. The highest BCUT2D eigenvalue weighted by Gasteiger charge is 2.48. The van der Waals surface area contributed by atoms with Crippen LogP contribution in [0.1, 0.15) is 36.0 Å². The number of halogens is 1. The Bertz CT molecular complexity index is 675. The number of hydrogen-bond donors (Lipinski definition) is 0. The molecule has 3 nitrogen and oxygen atoms in total. The molecule has 2 unspecified atom stereocenters. The van der Waals surface area contributed by atoms with Crippen LogP contribution in [0.15, 0.2) is 60.7 Å². The first-order chi connectivity index (χ1) is 11.6. The lowest BCUT2D eigenvalue weighted by atomic mass is 9.95. The molecule has 1 aliphatic carbocycles. The Balaban J connectivity index is 1.75. The van der Waals surface area contributed by atoms with Gasteiger partial charge >= 0.3 is 7.60 Å². The van der Waals surface area contributed by atoms with E-state index < -0.39 is 13.3 Å². The number of rotatable bonds is 3. The molecule has 1 saturated heterocycles. The summed E-state index contributed by atoms with van der Waals surface area (Å²) in [6.07, 6.45) is 2.09. The summed E-state index contributed by atoms with van der Waals surface area (Å²) < 4.78 is 25.8. The van der Waals surface area contributed by atoms with E-state index in [0.29, 0.717) is 0 Å². The van der Waals surface area contributed by atoms with Gasteiger partial charge in [-0.25, -0.2) is 0 Å². The number of hydrogen-bond acceptors (Lipinski definition) is 3. The quantitative estimate of drug-likeness (QED) is 0.531. The molecule has 24 heavy (non-hydrogen) atoms. The van der Waals surface area contributed by atoms with E-state index in [-0.39, 0.29) is 17.6 Å². The lowest BCUT2D eigenvalue weighted by Gasteiger charge is -2.43. The predicted octanol–water partition coefficient (Wildman–Crippen LogP) is 5.54. The first-order valence-electron chi connectivity index (χ1n) is 8.34. The lowest BCUT2D eigenvalue weighted by molar-refractivity contribution is -0.00182. The van der Waals surface area contributed by atoms with Gasteiger partial charge in [0, 0.05) is 11.8 Å². The molecule has 0 N–H and O–H groups in total. The zero-order chi connectivity index (χ0) is 16.6. The smallest absolute Gasteiger partial charge is 0.304 e. The molecule has 2 bridgehead atoms. The van der Waals surface area contributed by atoms with Crippen LogP contribution in [0.5, 0.6) is 0 Å². The molecule has 1 aliphatic heterocycles. The topological polar surface area (TPSA) is 35.5 Å². The molecule has 2 aromatic carbocycles. The fourth-order valence-electron chi connectivity index (χ4n) is 3.71. The third-order valence-corrected chi connectivity index (χ3v) is 7.47. The van der Waals surface area contributed by atoms with Crippen molar-refractivity contribution < 1.29 is 13.6 Å². The number of benzene rings is 2. The van der Waals surface area contributed by atoms with E-state index in [9.17, 15) is 4.57 Å². The van der Waals surface area contributed by atoms with E-state index in [1.807, 2.05) is 60.7 Å². The van der Waals surface area contributed by atoms with Gasteiger partial charge in [-0.3, -0.25) is 4.57 Å². The van der Waals surface area contributed by atoms with E-state index in [4.69, 9.17) is 20.6 Å². The minimum atomic E-state index is -3.33. The van der Waals surface area contributed by atoms with Crippen molar-refractivity contribution in [3.63, 3.8) is 0 Å². The molecule has 2 atom stereocenters. The maximum Gasteiger partial charge on any atom is 0.342 e. The van der Waals surface area contributed by atoms with Crippen molar-refractivity contribution in [1.82, 2.24) is 0 Å². The molecule has 0 spiro atoms. The molecule has 0 aromatic heterocycles. The van der Waals surface area contributed by atoms with Crippen LogP contribution in [0.3, 0.4) is 0 Å². The number of fused-ring (bicyclic) bond motifs is 2. The fourth-order valence-corrected chi connectivity index (χ4v) is 6.66. The number of alkyl halides is 1. The average Bonchev–Trinajstić information content (AvgIpc) is 2.55. The van der Waals surface area contributed by atoms with Gasteiger partial charge < -0.3 is 9.05 Å². The minimum absolute atomic E-state index is 0.0365. The molecule has 0 radical (unpaired) electrons. The molecular formula is C19H20ClO3P. The second-order valence-electron chi connectivity index (χ2n) is 6.52. The van der Waals surface area contributed by atoms with E-state index in [1.165, 1.54) is 0 Å². The summed E-state index contributed by atoms with van der Waals surface area (Å²) in [4.78, 5) is 0. The van der Waals surface area contributed by atoms with Crippen LogP contribution in [0.4, 0.5) is 0 Å². The van der Waals surface area contributed by atoms with Crippen LogP contribution in [0, 0.1) is 0 Å². The minimum Gasteiger partial charge on any atom is -0.304 e. The summed E-state index contributed by atoms with van der Waals surface area (Å²) >= 11 is 6.28. The molecule has 2 aromatic rings. The Morgan fingerprint density at radius 3 is 1.75 bits per heavy atom. The van der Waals surface area contributed by atoms with Crippen LogP contribution in [0.2, 0.25) is 0 Å². The molecule has 126 valence electrons. The van der Waals surface area contributed by atoms with Gasteiger partial charge in [-0.15, -0.1) is 11.6 Å². The van der Waals surface area contributed by atoms with Crippen LogP contribution < -0.4 is 0 Å². The van der Waals surface area contributed by atoms with Gasteiger partial charge in [-0.1, -0.05) is 60.7 Å². The highest BCUT2D eigenvalue weighted by molar-refractivity contribution is 7.54. The molecule has 2 fully saturated rings. The highest BCUT2D eigenvalue weighted by atomic mass is 35.5. The second-order valence-corrected chi connectivity index (χ2v) is 9.16. The van der Waals surface area contributed by atoms with Crippen LogP contribution >= 0.6 is 19.2 Å². The molecule has 1 saturated carbocycles. The van der Waals surface area contributed by atoms with E-state index in [0.717, 1.165) is 30.4 Å². The molecule has 0 amide bonds. The van der Waals surface area contributed by atoms with Gasteiger partial charge in [-0.05, 0) is 24.0 Å². The fraction of sp³-hybridized carbons (Fsp3) is 0.368. The van der Waals surface area contributed by atoms with E-state index in [1.54, 1.807) is 0 Å². The van der Waals surface area contributed by atoms with Gasteiger partial charge in [0.15, 0.2) is 0 Å². The van der Waals surface area contributed by atoms with Gasteiger partial charge in [0.05, 0.1) is 12.2 Å². The Hall–Kier alpha value is -1.12. The van der Waals surface area contributed by atoms with Crippen molar-refractivity contribution in [1.29, 1.82) is 0 Å². The van der Waals surface area contributed by atoms with Crippen molar-refractivity contribution in [2.45, 2.75) is 42.5 Å². The van der Waals surface area contributed by atoms with Crippen LogP contribution in [-0.2, 0) is 13.6 Å². The SMILES string of the molecule is O=P1(C(c2ccccc2)c2ccccc2)OC2CC(Cl)CC(C2)O1. The van der Waals surface area contributed by atoms with Crippen LogP contribution in [-0.4, -0.2) is 17.6 Å². The monoisotopic (exact) mass is 362 g/mol. The van der Waals surface area contributed by atoms with Crippen molar-refractivity contribution in [2.24, 2.45) is 0 Å². The summed E-state index contributed by atoms with van der Waals surface area (Å²) in [6.45, 7) is 0. The summed E-state index contributed by atoms with van der Waals surface area (Å²) in [5.41, 5.74) is 1.50. The van der Waals surface area contributed by atoms with Crippen molar-refractivity contribution in [3.8, 4) is 0 Å². The van der Waals surface area contributed by atoms with Crippen molar-refractivity contribution in [2.75, 3.05) is 0 Å². The Labute approximate surface area is 147 Å². The maximum absolute atomic E-state index is 13.8. The van der Waals surface area contributed by atoms with E-state index >= 15 is 0 Å². The standard InChI is InChI=1S/C19H20ClO3P/c20-16-11-17-13-18(12-16)23-24(21,22-17)19(14-7-3-1-4-8-14)15-9-5-2-6-10-15/h1-10,16-19H,11-13H2. The van der Waals surface area contributed by atoms with Gasteiger partial charge in [-0.2, -0.15) is 0 Å². The molecule has 5 heteroatoms. The zero-order valence-corrected chi connectivity index (χ0v) is 14.9. The third-order valence-electron chi connectivity index (χ3n) is 4.70. The van der Waals surface area contributed by atoms with Crippen molar-refractivity contribution >= 4 is 19.2 Å². The summed E-state index contributed by atoms with van der Waals surface area (Å²) in [6, 6.07) is 19.7. The second kappa shape index (κ2) is 6.65. The highest BCUT2D eigenvalue weighted by Crippen LogP contribution is 2.68. The summed E-state index contributed by atoms with van der Waals surface area (Å²) in [5, 5.41) is 0.0365. The Morgan fingerprint density at radius 1 is 0.833 bits per heavy atom. The molecule has 4 rings (SSSR count). The third kappa shape index (κ3) is 3.19. The normalized spacial score (nSPS) is 32.7. The van der Waals surface area contributed by atoms with Crippen molar-refractivity contribution in [3.05, 3.63) is 71.8 Å². The zero-order valence-electron chi connectivity index (χ0n) is 13.3. The van der Waals surface area contributed by atoms with Gasteiger partial charge in [0.2, 0.25) is 0 Å². The van der Waals surface area contributed by atoms with Gasteiger partial charge in [0.1, 0.15) is 5.66 Å². The summed E-state index contributed by atoms with van der Waals surface area (Å²) in [5.74, 6) is 0. The largest absolute Gasteiger partial charge is 0.342 e.